The summed E-state index contributed by atoms with van der Waals surface area (Å²) in [5, 5.41) is 10.0. The number of benzene rings is 1. The van der Waals surface area contributed by atoms with E-state index in [1.165, 1.54) is 5.56 Å². The highest BCUT2D eigenvalue weighted by molar-refractivity contribution is 5.38. The van der Waals surface area contributed by atoms with Crippen LogP contribution in [0.1, 0.15) is 44.5 Å². The molecule has 0 radical (unpaired) electrons. The Bertz CT molecular complexity index is 640. The van der Waals surface area contributed by atoms with Crippen LogP contribution < -0.4 is 9.30 Å². The first kappa shape index (κ1) is 16.3. The fourth-order valence-electron chi connectivity index (χ4n) is 2.44. The molecule has 0 unspecified atom stereocenters. The number of aryl methyl sites for hydroxylation is 1. The van der Waals surface area contributed by atoms with E-state index >= 15 is 0 Å². The van der Waals surface area contributed by atoms with Gasteiger partial charge in [-0.2, -0.15) is 4.57 Å². The highest BCUT2D eigenvalue weighted by Crippen LogP contribution is 2.28. The van der Waals surface area contributed by atoms with E-state index in [0.29, 0.717) is 12.4 Å². The third-order valence-electron chi connectivity index (χ3n) is 3.95. The number of aromatic nitrogens is 1. The second-order valence-electron chi connectivity index (χ2n) is 6.64. The Labute approximate surface area is 133 Å². The predicted molar refractivity (Wildman–Crippen MR) is 88.2 cm³/mol. The molecule has 0 aliphatic rings. The van der Waals surface area contributed by atoms with Gasteiger partial charge >= 0.3 is 0 Å². The van der Waals surface area contributed by atoms with Crippen molar-refractivity contribution in [2.75, 3.05) is 0 Å². The molecule has 1 heterocycles. The first-order chi connectivity index (χ1) is 10.3. The van der Waals surface area contributed by atoms with Gasteiger partial charge < -0.3 is 9.84 Å². The van der Waals surface area contributed by atoms with Crippen molar-refractivity contribution in [2.45, 2.75) is 53.2 Å². The molecule has 0 atom stereocenters. The molecule has 0 amide bonds. The molecule has 0 saturated heterocycles. The van der Waals surface area contributed by atoms with Gasteiger partial charge in [0, 0.05) is 13.0 Å². The van der Waals surface area contributed by atoms with E-state index in [9.17, 15) is 5.11 Å². The van der Waals surface area contributed by atoms with E-state index < -0.39 is 0 Å². The number of rotatable bonds is 4. The standard InChI is InChI=1S/C19H25NO2/c1-6-20-12-11-17(21)18(14(20)2)22-13-15-7-9-16(10-8-15)19(3,4)5/h7-12H,6,13H2,1-5H3/p+1. The molecule has 1 aromatic carbocycles. The van der Waals surface area contributed by atoms with Crippen molar-refractivity contribution in [3.63, 3.8) is 0 Å². The van der Waals surface area contributed by atoms with Crippen molar-refractivity contribution in [1.29, 1.82) is 0 Å². The minimum atomic E-state index is 0.153. The fraction of sp³-hybridized carbons (Fsp3) is 0.421. The van der Waals surface area contributed by atoms with Crippen LogP contribution in [0.5, 0.6) is 11.5 Å². The zero-order chi connectivity index (χ0) is 16.3. The molecule has 0 aliphatic carbocycles. The molecule has 1 aromatic heterocycles. The third kappa shape index (κ3) is 3.59. The van der Waals surface area contributed by atoms with Gasteiger partial charge in [-0.1, -0.05) is 45.0 Å². The van der Waals surface area contributed by atoms with E-state index in [2.05, 4.69) is 56.5 Å². The van der Waals surface area contributed by atoms with Crippen LogP contribution in [-0.2, 0) is 18.6 Å². The van der Waals surface area contributed by atoms with Crippen LogP contribution >= 0.6 is 0 Å². The molecule has 3 heteroatoms. The summed E-state index contributed by atoms with van der Waals surface area (Å²) in [4.78, 5) is 0. The Kier molecular flexibility index (Phi) is 4.74. The fourth-order valence-corrected chi connectivity index (χ4v) is 2.44. The molecule has 1 N–H and O–H groups in total. The first-order valence-corrected chi connectivity index (χ1v) is 7.77. The molecular weight excluding hydrogens is 274 g/mol. The third-order valence-corrected chi connectivity index (χ3v) is 3.95. The predicted octanol–water partition coefficient (Wildman–Crippen LogP) is 3.88. The van der Waals surface area contributed by atoms with Gasteiger partial charge in [0.05, 0.1) is 0 Å². The topological polar surface area (TPSA) is 33.3 Å². The molecule has 0 aliphatic heterocycles. The molecule has 0 fully saturated rings. The SMILES string of the molecule is CC[n+]1ccc(O)c(OCc2ccc(C(C)(C)C)cc2)c1C. The molecular formula is C19H26NO2+. The summed E-state index contributed by atoms with van der Waals surface area (Å²) in [6.07, 6.45) is 1.87. The van der Waals surface area contributed by atoms with Crippen molar-refractivity contribution in [2.24, 2.45) is 0 Å². The van der Waals surface area contributed by atoms with Gasteiger partial charge in [-0.25, -0.2) is 0 Å². The second-order valence-corrected chi connectivity index (χ2v) is 6.64. The normalized spacial score (nSPS) is 11.5. The maximum atomic E-state index is 10.0. The average Bonchev–Trinajstić information content (AvgIpc) is 2.47. The molecule has 0 spiro atoms. The number of aromatic hydroxyl groups is 1. The van der Waals surface area contributed by atoms with E-state index in [-0.39, 0.29) is 11.2 Å². The van der Waals surface area contributed by atoms with Crippen LogP contribution in [-0.4, -0.2) is 5.11 Å². The summed E-state index contributed by atoms with van der Waals surface area (Å²) >= 11 is 0. The number of hydrogen-bond acceptors (Lipinski definition) is 2. The Balaban J connectivity index is 2.14. The van der Waals surface area contributed by atoms with E-state index in [0.717, 1.165) is 17.8 Å². The van der Waals surface area contributed by atoms with Crippen molar-refractivity contribution in [3.05, 3.63) is 53.3 Å². The number of ether oxygens (including phenoxy) is 1. The average molecular weight is 300 g/mol. The van der Waals surface area contributed by atoms with Gasteiger partial charge in [0.15, 0.2) is 11.9 Å². The Morgan fingerprint density at radius 2 is 1.73 bits per heavy atom. The lowest BCUT2D eigenvalue weighted by Crippen LogP contribution is -2.35. The minimum absolute atomic E-state index is 0.153. The van der Waals surface area contributed by atoms with Gasteiger partial charge in [0.1, 0.15) is 13.2 Å². The molecule has 3 nitrogen and oxygen atoms in total. The van der Waals surface area contributed by atoms with Crippen molar-refractivity contribution >= 4 is 0 Å². The summed E-state index contributed by atoms with van der Waals surface area (Å²) in [6.45, 7) is 11.9. The zero-order valence-electron chi connectivity index (χ0n) is 14.2. The maximum Gasteiger partial charge on any atom is 0.229 e. The highest BCUT2D eigenvalue weighted by Gasteiger charge is 2.17. The van der Waals surface area contributed by atoms with Crippen LogP contribution in [0.3, 0.4) is 0 Å². The molecule has 0 saturated carbocycles. The lowest BCUT2D eigenvalue weighted by molar-refractivity contribution is -0.699. The number of pyridine rings is 1. The van der Waals surface area contributed by atoms with E-state index in [1.807, 2.05) is 13.1 Å². The summed E-state index contributed by atoms with van der Waals surface area (Å²) in [5.41, 5.74) is 3.49. The van der Waals surface area contributed by atoms with Gasteiger partial charge in [-0.3, -0.25) is 0 Å². The smallest absolute Gasteiger partial charge is 0.229 e. The summed E-state index contributed by atoms with van der Waals surface area (Å²) in [5.74, 6) is 0.748. The van der Waals surface area contributed by atoms with Crippen LogP contribution in [0.4, 0.5) is 0 Å². The van der Waals surface area contributed by atoms with Crippen LogP contribution in [0, 0.1) is 6.92 Å². The quantitative estimate of drug-likeness (QED) is 0.869. The Hall–Kier alpha value is -2.03. The van der Waals surface area contributed by atoms with Crippen LogP contribution in [0.2, 0.25) is 0 Å². The van der Waals surface area contributed by atoms with Crippen molar-refractivity contribution < 1.29 is 14.4 Å². The lowest BCUT2D eigenvalue weighted by Gasteiger charge is -2.19. The number of nitrogens with zero attached hydrogens (tertiary/aromatic N) is 1. The van der Waals surface area contributed by atoms with Crippen molar-refractivity contribution in [1.82, 2.24) is 0 Å². The maximum absolute atomic E-state index is 10.0. The molecule has 2 aromatic rings. The lowest BCUT2D eigenvalue weighted by atomic mass is 9.87. The van der Waals surface area contributed by atoms with Crippen LogP contribution in [0.15, 0.2) is 36.5 Å². The monoisotopic (exact) mass is 300 g/mol. The van der Waals surface area contributed by atoms with Crippen LogP contribution in [0.25, 0.3) is 0 Å². The van der Waals surface area contributed by atoms with Gasteiger partial charge in [-0.15, -0.1) is 0 Å². The molecule has 118 valence electrons. The largest absolute Gasteiger partial charge is 0.504 e. The number of hydrogen-bond donors (Lipinski definition) is 1. The Morgan fingerprint density at radius 3 is 2.27 bits per heavy atom. The van der Waals surface area contributed by atoms with Crippen molar-refractivity contribution in [3.8, 4) is 11.5 Å². The van der Waals surface area contributed by atoms with Gasteiger partial charge in [0.25, 0.3) is 0 Å². The summed E-state index contributed by atoms with van der Waals surface area (Å²) in [7, 11) is 0. The zero-order valence-corrected chi connectivity index (χ0v) is 14.2. The Morgan fingerprint density at radius 1 is 1.09 bits per heavy atom. The minimum Gasteiger partial charge on any atom is -0.504 e. The van der Waals surface area contributed by atoms with Gasteiger partial charge in [-0.05, 0) is 23.5 Å². The second kappa shape index (κ2) is 6.39. The summed E-state index contributed by atoms with van der Waals surface area (Å²) < 4.78 is 7.90. The highest BCUT2D eigenvalue weighted by atomic mass is 16.5. The summed E-state index contributed by atoms with van der Waals surface area (Å²) in [6, 6.07) is 10.1. The van der Waals surface area contributed by atoms with E-state index in [1.54, 1.807) is 6.07 Å². The first-order valence-electron chi connectivity index (χ1n) is 7.77. The van der Waals surface area contributed by atoms with Gasteiger partial charge in [0.2, 0.25) is 11.4 Å². The molecule has 2 rings (SSSR count). The molecule has 22 heavy (non-hydrogen) atoms. The van der Waals surface area contributed by atoms with E-state index in [4.69, 9.17) is 4.74 Å². The molecule has 0 bridgehead atoms.